The molecule has 3 rings (SSSR count). The van der Waals surface area contributed by atoms with E-state index in [4.69, 9.17) is 23.2 Å². The first-order valence-electron chi connectivity index (χ1n) is 6.81. The number of tetrazole rings is 1. The number of nitrogens with one attached hydrogen (secondary N) is 2. The summed E-state index contributed by atoms with van der Waals surface area (Å²) in [5.41, 5.74) is 2.73. The van der Waals surface area contributed by atoms with Gasteiger partial charge >= 0.3 is 0 Å². The molecule has 3 aromatic rings. The van der Waals surface area contributed by atoms with Crippen molar-refractivity contribution in [3.8, 4) is 11.6 Å². The van der Waals surface area contributed by atoms with Crippen molar-refractivity contribution in [2.45, 2.75) is 13.3 Å². The van der Waals surface area contributed by atoms with E-state index in [-0.39, 0.29) is 0 Å². The largest absolute Gasteiger partial charge is 0.373 e. The molecular weight excluding hydrogens is 337 g/mol. The van der Waals surface area contributed by atoms with Crippen LogP contribution in [-0.4, -0.2) is 37.6 Å². The highest BCUT2D eigenvalue weighted by Gasteiger charge is 2.15. The average Bonchev–Trinajstić information content (AvgIpc) is 3.05. The molecule has 2 aromatic heterocycles. The zero-order valence-corrected chi connectivity index (χ0v) is 13.9. The Hall–Kier alpha value is -2.25. The number of rotatable bonds is 4. The van der Waals surface area contributed by atoms with E-state index in [0.29, 0.717) is 33.9 Å². The predicted octanol–water partition coefficient (Wildman–Crippen LogP) is 2.90. The summed E-state index contributed by atoms with van der Waals surface area (Å²) in [4.78, 5) is 8.95. The van der Waals surface area contributed by atoms with Gasteiger partial charge in [0.05, 0.1) is 0 Å². The normalized spacial score (nSPS) is 10.8. The highest BCUT2D eigenvalue weighted by atomic mass is 35.5. The minimum atomic E-state index is 0.417. The number of aryl methyl sites for hydroxylation is 1. The van der Waals surface area contributed by atoms with E-state index in [2.05, 4.69) is 35.9 Å². The van der Waals surface area contributed by atoms with Gasteiger partial charge in [-0.1, -0.05) is 29.3 Å². The molecule has 0 spiro atoms. The molecule has 0 amide bonds. The molecule has 0 aliphatic rings. The topological polar surface area (TPSA) is 92.3 Å². The van der Waals surface area contributed by atoms with E-state index in [1.54, 1.807) is 13.1 Å². The molecule has 0 bridgehead atoms. The molecule has 0 radical (unpaired) electrons. The second-order valence-electron chi connectivity index (χ2n) is 4.87. The van der Waals surface area contributed by atoms with Crippen LogP contribution in [0.25, 0.3) is 11.6 Å². The molecule has 0 aliphatic heterocycles. The lowest BCUT2D eigenvalue weighted by molar-refractivity contribution is 0.881. The molecule has 0 fully saturated rings. The number of anilines is 1. The second kappa shape index (κ2) is 6.47. The van der Waals surface area contributed by atoms with Gasteiger partial charge in [0, 0.05) is 34.8 Å². The van der Waals surface area contributed by atoms with Gasteiger partial charge in [-0.05, 0) is 35.0 Å². The van der Waals surface area contributed by atoms with Gasteiger partial charge in [0.15, 0.2) is 0 Å². The molecule has 1 aromatic carbocycles. The Bertz CT molecular complexity index is 833. The zero-order valence-electron chi connectivity index (χ0n) is 12.4. The molecule has 2 heterocycles. The Morgan fingerprint density at radius 3 is 2.70 bits per heavy atom. The van der Waals surface area contributed by atoms with Gasteiger partial charge < -0.3 is 5.32 Å². The molecule has 0 saturated heterocycles. The van der Waals surface area contributed by atoms with Gasteiger partial charge in [-0.2, -0.15) is 0 Å². The maximum Gasteiger partial charge on any atom is 0.217 e. The third-order valence-electron chi connectivity index (χ3n) is 3.39. The van der Waals surface area contributed by atoms with E-state index >= 15 is 0 Å². The number of aromatic nitrogens is 6. The number of aromatic amines is 1. The number of halogens is 2. The lowest BCUT2D eigenvalue weighted by atomic mass is 10.0. The Labute approximate surface area is 142 Å². The van der Waals surface area contributed by atoms with Gasteiger partial charge in [-0.3, -0.25) is 0 Å². The summed E-state index contributed by atoms with van der Waals surface area (Å²) < 4.78 is 0. The minimum Gasteiger partial charge on any atom is -0.373 e. The molecule has 23 heavy (non-hydrogen) atoms. The van der Waals surface area contributed by atoms with Crippen molar-refractivity contribution in [3.63, 3.8) is 0 Å². The highest BCUT2D eigenvalue weighted by Crippen LogP contribution is 2.27. The number of hydrogen-bond donors (Lipinski definition) is 2. The summed E-state index contributed by atoms with van der Waals surface area (Å²) in [6.45, 7) is 1.91. The zero-order chi connectivity index (χ0) is 16.4. The van der Waals surface area contributed by atoms with Crippen molar-refractivity contribution in [2.75, 3.05) is 12.4 Å². The fourth-order valence-electron chi connectivity index (χ4n) is 2.23. The average molecular weight is 350 g/mol. The van der Waals surface area contributed by atoms with E-state index < -0.39 is 0 Å². The van der Waals surface area contributed by atoms with Crippen LogP contribution in [0.4, 0.5) is 5.82 Å². The Kier molecular flexibility index (Phi) is 4.40. The first-order valence-corrected chi connectivity index (χ1v) is 7.57. The van der Waals surface area contributed by atoms with Crippen LogP contribution in [0.15, 0.2) is 18.2 Å². The standard InChI is InChI=1S/C14H13Cl2N7/c1-7-10(5-8-3-4-9(15)6-11(8)16)12(17-2)19-13(18-7)14-20-22-23-21-14/h3-4,6H,5H2,1-2H3,(H,17,18,19)(H,20,21,22,23). The van der Waals surface area contributed by atoms with Crippen LogP contribution in [0.3, 0.4) is 0 Å². The Morgan fingerprint density at radius 1 is 1.22 bits per heavy atom. The maximum atomic E-state index is 6.26. The lowest BCUT2D eigenvalue weighted by Gasteiger charge is -2.13. The number of hydrogen-bond acceptors (Lipinski definition) is 6. The molecular formula is C14H13Cl2N7. The fraction of sp³-hybridized carbons (Fsp3) is 0.214. The third-order valence-corrected chi connectivity index (χ3v) is 3.98. The van der Waals surface area contributed by atoms with Gasteiger partial charge in [0.1, 0.15) is 5.82 Å². The number of benzene rings is 1. The highest BCUT2D eigenvalue weighted by molar-refractivity contribution is 6.35. The molecule has 0 aliphatic carbocycles. The van der Waals surface area contributed by atoms with E-state index in [9.17, 15) is 0 Å². The fourth-order valence-corrected chi connectivity index (χ4v) is 2.71. The monoisotopic (exact) mass is 349 g/mol. The van der Waals surface area contributed by atoms with E-state index in [1.807, 2.05) is 19.1 Å². The molecule has 0 unspecified atom stereocenters. The summed E-state index contributed by atoms with van der Waals surface area (Å²) in [6.07, 6.45) is 0.590. The first kappa shape index (κ1) is 15.6. The summed E-state index contributed by atoms with van der Waals surface area (Å²) in [7, 11) is 1.80. The van der Waals surface area contributed by atoms with E-state index in [0.717, 1.165) is 16.8 Å². The minimum absolute atomic E-state index is 0.417. The summed E-state index contributed by atoms with van der Waals surface area (Å²) in [5, 5.41) is 17.9. The van der Waals surface area contributed by atoms with Crippen molar-refractivity contribution in [3.05, 3.63) is 45.1 Å². The van der Waals surface area contributed by atoms with Gasteiger partial charge in [-0.25, -0.2) is 15.1 Å². The van der Waals surface area contributed by atoms with Crippen LogP contribution in [-0.2, 0) is 6.42 Å². The first-order chi connectivity index (χ1) is 11.1. The van der Waals surface area contributed by atoms with Gasteiger partial charge in [0.25, 0.3) is 0 Å². The predicted molar refractivity (Wildman–Crippen MR) is 88.8 cm³/mol. The Balaban J connectivity index is 2.02. The van der Waals surface area contributed by atoms with Crippen molar-refractivity contribution in [1.82, 2.24) is 30.6 Å². The van der Waals surface area contributed by atoms with Crippen LogP contribution < -0.4 is 5.32 Å². The van der Waals surface area contributed by atoms with Crippen LogP contribution in [0.5, 0.6) is 0 Å². The number of nitrogens with zero attached hydrogens (tertiary/aromatic N) is 5. The molecule has 118 valence electrons. The van der Waals surface area contributed by atoms with Crippen molar-refractivity contribution < 1.29 is 0 Å². The summed E-state index contributed by atoms with van der Waals surface area (Å²) in [6, 6.07) is 5.44. The Morgan fingerprint density at radius 2 is 2.04 bits per heavy atom. The molecule has 9 heteroatoms. The van der Waals surface area contributed by atoms with Crippen LogP contribution >= 0.6 is 23.2 Å². The van der Waals surface area contributed by atoms with Crippen molar-refractivity contribution in [1.29, 1.82) is 0 Å². The molecule has 0 saturated carbocycles. The van der Waals surface area contributed by atoms with Crippen LogP contribution in [0.1, 0.15) is 16.8 Å². The second-order valence-corrected chi connectivity index (χ2v) is 5.72. The van der Waals surface area contributed by atoms with E-state index in [1.165, 1.54) is 0 Å². The SMILES string of the molecule is CNc1nc(-c2nnn[nH]2)nc(C)c1Cc1ccc(Cl)cc1Cl. The smallest absolute Gasteiger partial charge is 0.217 e. The van der Waals surface area contributed by atoms with Crippen molar-refractivity contribution >= 4 is 29.0 Å². The van der Waals surface area contributed by atoms with Gasteiger partial charge in [-0.15, -0.1) is 5.10 Å². The quantitative estimate of drug-likeness (QED) is 0.752. The molecule has 7 nitrogen and oxygen atoms in total. The van der Waals surface area contributed by atoms with Crippen molar-refractivity contribution in [2.24, 2.45) is 0 Å². The lowest BCUT2D eigenvalue weighted by Crippen LogP contribution is -2.07. The van der Waals surface area contributed by atoms with Crippen LogP contribution in [0, 0.1) is 6.92 Å². The summed E-state index contributed by atoms with van der Waals surface area (Å²) in [5.74, 6) is 1.55. The number of H-pyrrole nitrogens is 1. The maximum absolute atomic E-state index is 6.26. The molecule has 0 atom stereocenters. The van der Waals surface area contributed by atoms with Gasteiger partial charge in [0.2, 0.25) is 11.6 Å². The third kappa shape index (κ3) is 3.25. The van der Waals surface area contributed by atoms with Crippen LogP contribution in [0.2, 0.25) is 10.0 Å². The molecule has 2 N–H and O–H groups in total. The summed E-state index contributed by atoms with van der Waals surface area (Å²) >= 11 is 12.2.